The molecule has 5 rings (SSSR count). The minimum atomic E-state index is 0.0941. The van der Waals surface area contributed by atoms with Gasteiger partial charge in [0.1, 0.15) is 0 Å². The summed E-state index contributed by atoms with van der Waals surface area (Å²) < 4.78 is 0. The molecule has 0 N–H and O–H groups in total. The van der Waals surface area contributed by atoms with Gasteiger partial charge in [-0.1, -0.05) is 48.0 Å². The molecule has 27 heavy (non-hydrogen) atoms. The number of carbonyl (C=O) groups excluding carboxylic acids is 1. The molecule has 2 aliphatic rings. The van der Waals surface area contributed by atoms with E-state index in [2.05, 4.69) is 9.88 Å². The lowest BCUT2D eigenvalue weighted by atomic mass is 9.97. The summed E-state index contributed by atoms with van der Waals surface area (Å²) in [6.07, 6.45) is 4.77. The van der Waals surface area contributed by atoms with Crippen LogP contribution in [0.4, 0.5) is 0 Å². The van der Waals surface area contributed by atoms with Crippen molar-refractivity contribution < 1.29 is 4.79 Å². The minimum absolute atomic E-state index is 0.0941. The third kappa shape index (κ3) is 2.72. The summed E-state index contributed by atoms with van der Waals surface area (Å²) in [6.45, 7) is 2.02. The Hall–Kier alpha value is -3.01. The zero-order valence-corrected chi connectivity index (χ0v) is 15.3. The highest BCUT2D eigenvalue weighted by atomic mass is 16.2. The van der Waals surface area contributed by atoms with Crippen molar-refractivity contribution in [2.45, 2.75) is 38.3 Å². The monoisotopic (exact) mass is 355 g/mol. The van der Waals surface area contributed by atoms with Crippen molar-refractivity contribution in [2.24, 2.45) is 0 Å². The first-order chi connectivity index (χ1) is 13.2. The van der Waals surface area contributed by atoms with Crippen LogP contribution in [-0.4, -0.2) is 26.8 Å². The van der Waals surface area contributed by atoms with E-state index in [1.165, 1.54) is 0 Å². The summed E-state index contributed by atoms with van der Waals surface area (Å²) >= 11 is 0. The Balaban J connectivity index is 1.50. The van der Waals surface area contributed by atoms with Crippen LogP contribution in [0.5, 0.6) is 0 Å². The average molecular weight is 355 g/mol. The second kappa shape index (κ2) is 6.31. The van der Waals surface area contributed by atoms with Crippen LogP contribution in [0, 0.1) is 6.92 Å². The van der Waals surface area contributed by atoms with Gasteiger partial charge in [-0.15, -0.1) is 0 Å². The van der Waals surface area contributed by atoms with E-state index >= 15 is 0 Å². The fraction of sp³-hybridized carbons (Fsp3) is 0.261. The second-order valence-electron chi connectivity index (χ2n) is 7.49. The van der Waals surface area contributed by atoms with Gasteiger partial charge in [-0.2, -0.15) is 0 Å². The molecule has 2 bridgehead atoms. The molecule has 1 amide bonds. The lowest BCUT2D eigenvalue weighted by Gasteiger charge is -2.35. The summed E-state index contributed by atoms with van der Waals surface area (Å²) in [4.78, 5) is 24.7. The predicted octanol–water partition coefficient (Wildman–Crippen LogP) is 4.35. The molecule has 0 saturated carbocycles. The zero-order chi connectivity index (χ0) is 18.4. The van der Waals surface area contributed by atoms with Gasteiger partial charge in [-0.05, 0) is 31.9 Å². The first kappa shape index (κ1) is 16.2. The molecule has 1 fully saturated rings. The fourth-order valence-electron chi connectivity index (χ4n) is 4.44. The first-order valence-corrected chi connectivity index (χ1v) is 9.51. The summed E-state index contributed by atoms with van der Waals surface area (Å²) in [5.74, 6) is 0.899. The summed E-state index contributed by atoms with van der Waals surface area (Å²) in [6, 6.07) is 18.3. The Morgan fingerprint density at radius 3 is 2.74 bits per heavy atom. The van der Waals surface area contributed by atoms with Gasteiger partial charge in [0.25, 0.3) is 5.91 Å². The third-order valence-corrected chi connectivity index (χ3v) is 5.72. The molecule has 2 aliphatic heterocycles. The van der Waals surface area contributed by atoms with Crippen molar-refractivity contribution in [3.8, 4) is 11.4 Å². The van der Waals surface area contributed by atoms with Crippen molar-refractivity contribution >= 4 is 5.91 Å². The number of hydrogen-bond donors (Lipinski definition) is 0. The molecule has 3 heterocycles. The number of amides is 1. The van der Waals surface area contributed by atoms with Crippen molar-refractivity contribution in [3.63, 3.8) is 0 Å². The Morgan fingerprint density at radius 2 is 1.93 bits per heavy atom. The maximum atomic E-state index is 13.2. The SMILES string of the molecule is Cc1cccc(C(=O)N2[C@H]3CC[C@@H]2c2cnc(-c4ccccc4)nc2C3)c1. The number of hydrogen-bond acceptors (Lipinski definition) is 3. The maximum absolute atomic E-state index is 13.2. The number of aryl methyl sites for hydroxylation is 1. The van der Waals surface area contributed by atoms with E-state index in [1.54, 1.807) is 0 Å². The third-order valence-electron chi connectivity index (χ3n) is 5.72. The molecule has 0 unspecified atom stereocenters. The highest BCUT2D eigenvalue weighted by molar-refractivity contribution is 5.95. The molecule has 134 valence electrons. The van der Waals surface area contributed by atoms with Crippen molar-refractivity contribution in [2.75, 3.05) is 0 Å². The fourth-order valence-corrected chi connectivity index (χ4v) is 4.44. The number of fused-ring (bicyclic) bond motifs is 4. The standard InChI is InChI=1S/C23H21N3O/c1-15-6-5-9-17(12-15)23(27)26-18-10-11-21(26)19-14-24-22(25-20(19)13-18)16-7-3-2-4-8-16/h2-9,12,14,18,21H,10-11,13H2,1H3/t18-,21+/m0/s1. The number of nitrogens with zero attached hydrogens (tertiary/aromatic N) is 3. The molecule has 3 aromatic rings. The van der Waals surface area contributed by atoms with Crippen LogP contribution in [0.25, 0.3) is 11.4 Å². The van der Waals surface area contributed by atoms with Gasteiger partial charge >= 0.3 is 0 Å². The molecule has 2 atom stereocenters. The van der Waals surface area contributed by atoms with E-state index < -0.39 is 0 Å². The molecule has 0 radical (unpaired) electrons. The average Bonchev–Trinajstić information content (AvgIpc) is 3.02. The quantitative estimate of drug-likeness (QED) is 0.686. The van der Waals surface area contributed by atoms with Crippen LogP contribution in [0.1, 0.15) is 46.1 Å². The number of aromatic nitrogens is 2. The first-order valence-electron chi connectivity index (χ1n) is 9.51. The number of carbonyl (C=O) groups is 1. The molecule has 4 heteroatoms. The molecule has 1 saturated heterocycles. The van der Waals surface area contributed by atoms with Crippen LogP contribution >= 0.6 is 0 Å². The Bertz CT molecular complexity index is 1020. The normalized spacial score (nSPS) is 20.4. The smallest absolute Gasteiger partial charge is 0.254 e. The van der Waals surface area contributed by atoms with E-state index in [0.29, 0.717) is 0 Å². The van der Waals surface area contributed by atoms with Gasteiger partial charge in [0.05, 0.1) is 11.7 Å². The Morgan fingerprint density at radius 1 is 1.07 bits per heavy atom. The lowest BCUT2D eigenvalue weighted by molar-refractivity contribution is 0.0644. The van der Waals surface area contributed by atoms with Crippen LogP contribution in [-0.2, 0) is 6.42 Å². The molecule has 0 spiro atoms. The summed E-state index contributed by atoms with van der Waals surface area (Å²) in [5, 5.41) is 0. The van der Waals surface area contributed by atoms with Crippen molar-refractivity contribution in [1.82, 2.24) is 14.9 Å². The minimum Gasteiger partial charge on any atom is -0.328 e. The van der Waals surface area contributed by atoms with Crippen LogP contribution in [0.15, 0.2) is 60.8 Å². The van der Waals surface area contributed by atoms with Gasteiger partial charge < -0.3 is 4.90 Å². The summed E-state index contributed by atoms with van der Waals surface area (Å²) in [7, 11) is 0. The van der Waals surface area contributed by atoms with Crippen LogP contribution < -0.4 is 0 Å². The molecular formula is C23H21N3O. The maximum Gasteiger partial charge on any atom is 0.254 e. The molecular weight excluding hydrogens is 334 g/mol. The lowest BCUT2D eigenvalue weighted by Crippen LogP contribution is -2.42. The van der Waals surface area contributed by atoms with E-state index in [4.69, 9.17) is 4.98 Å². The molecule has 2 aromatic carbocycles. The Kier molecular flexibility index (Phi) is 3.78. The van der Waals surface area contributed by atoms with E-state index in [-0.39, 0.29) is 18.0 Å². The van der Waals surface area contributed by atoms with Gasteiger partial charge in [-0.25, -0.2) is 9.97 Å². The molecule has 1 aromatic heterocycles. The summed E-state index contributed by atoms with van der Waals surface area (Å²) in [5.41, 5.74) is 5.14. The second-order valence-corrected chi connectivity index (χ2v) is 7.49. The van der Waals surface area contributed by atoms with E-state index in [9.17, 15) is 4.79 Å². The highest BCUT2D eigenvalue weighted by Crippen LogP contribution is 2.44. The van der Waals surface area contributed by atoms with Crippen LogP contribution in [0.2, 0.25) is 0 Å². The van der Waals surface area contributed by atoms with Gasteiger partial charge in [0.15, 0.2) is 5.82 Å². The van der Waals surface area contributed by atoms with Crippen molar-refractivity contribution in [1.29, 1.82) is 0 Å². The largest absolute Gasteiger partial charge is 0.328 e. The zero-order valence-electron chi connectivity index (χ0n) is 15.3. The van der Waals surface area contributed by atoms with Gasteiger partial charge in [0, 0.05) is 35.3 Å². The topological polar surface area (TPSA) is 46.1 Å². The predicted molar refractivity (Wildman–Crippen MR) is 104 cm³/mol. The van der Waals surface area contributed by atoms with Gasteiger partial charge in [0.2, 0.25) is 0 Å². The molecule has 4 nitrogen and oxygen atoms in total. The van der Waals surface area contributed by atoms with E-state index in [1.807, 2.05) is 67.7 Å². The number of benzene rings is 2. The van der Waals surface area contributed by atoms with Crippen LogP contribution in [0.3, 0.4) is 0 Å². The Labute approximate surface area is 158 Å². The number of rotatable bonds is 2. The highest BCUT2D eigenvalue weighted by Gasteiger charge is 2.43. The van der Waals surface area contributed by atoms with Gasteiger partial charge in [-0.3, -0.25) is 4.79 Å². The van der Waals surface area contributed by atoms with Crippen molar-refractivity contribution in [3.05, 3.63) is 83.2 Å². The molecule has 0 aliphatic carbocycles. The van der Waals surface area contributed by atoms with E-state index in [0.717, 1.165) is 53.0 Å².